The minimum Gasteiger partial charge on any atom is -0.456 e. The van der Waals surface area contributed by atoms with Gasteiger partial charge in [-0.1, -0.05) is 54.1 Å². The first-order valence-corrected chi connectivity index (χ1v) is 13.9. The largest absolute Gasteiger partial charge is 0.456 e. The molecule has 7 rings (SSSR count). The van der Waals surface area contributed by atoms with E-state index in [1.165, 1.54) is 5.56 Å². The first-order valence-electron chi connectivity index (χ1n) is 13.9. The van der Waals surface area contributed by atoms with Crippen LogP contribution in [0.4, 0.5) is 22.7 Å². The van der Waals surface area contributed by atoms with Crippen LogP contribution in [0.2, 0.25) is 0 Å². The predicted octanol–water partition coefficient (Wildman–Crippen LogP) is 8.77. The van der Waals surface area contributed by atoms with Crippen LogP contribution in [-0.2, 0) is 10.3 Å². The zero-order valence-electron chi connectivity index (χ0n) is 23.3. The van der Waals surface area contributed by atoms with E-state index in [9.17, 15) is 4.79 Å². The highest BCUT2D eigenvalue weighted by molar-refractivity contribution is 5.97. The number of aryl methyl sites for hydroxylation is 2. The molecule has 0 amide bonds. The summed E-state index contributed by atoms with van der Waals surface area (Å²) in [7, 11) is 0. The van der Waals surface area contributed by atoms with Gasteiger partial charge in [-0.2, -0.15) is 0 Å². The van der Waals surface area contributed by atoms with Crippen LogP contribution in [0.5, 0.6) is 11.5 Å². The number of rotatable bonds is 5. The van der Waals surface area contributed by atoms with Crippen molar-refractivity contribution in [3.05, 3.63) is 143 Å². The zero-order valence-corrected chi connectivity index (χ0v) is 23.3. The Morgan fingerprint density at radius 2 is 1.46 bits per heavy atom. The Morgan fingerprint density at radius 3 is 2.24 bits per heavy atom. The molecule has 5 aromatic rings. The molecule has 1 unspecified atom stereocenters. The van der Waals surface area contributed by atoms with E-state index in [4.69, 9.17) is 9.47 Å². The molecular weight excluding hydrogens is 508 g/mol. The van der Waals surface area contributed by atoms with Crippen LogP contribution in [0, 0.1) is 13.8 Å². The summed E-state index contributed by atoms with van der Waals surface area (Å²) in [6.07, 6.45) is 0. The molecule has 0 saturated heterocycles. The third-order valence-electron chi connectivity index (χ3n) is 8.07. The summed E-state index contributed by atoms with van der Waals surface area (Å²) in [6.45, 7) is 7.05. The molecule has 0 aliphatic carbocycles. The highest BCUT2D eigenvalue weighted by Crippen LogP contribution is 2.57. The van der Waals surface area contributed by atoms with Crippen LogP contribution >= 0.6 is 0 Å². The third-order valence-corrected chi connectivity index (χ3v) is 8.07. The van der Waals surface area contributed by atoms with Gasteiger partial charge in [-0.15, -0.1) is 0 Å². The number of nitrogens with one attached hydrogen (secondary N) is 1. The van der Waals surface area contributed by atoms with Gasteiger partial charge in [0.1, 0.15) is 11.5 Å². The molecule has 2 aliphatic rings. The predicted molar refractivity (Wildman–Crippen MR) is 163 cm³/mol. The van der Waals surface area contributed by atoms with Gasteiger partial charge in [0, 0.05) is 52.1 Å². The van der Waals surface area contributed by atoms with E-state index in [2.05, 4.69) is 85.6 Å². The molecule has 1 N–H and O–H groups in total. The first kappa shape index (κ1) is 25.0. The van der Waals surface area contributed by atoms with E-state index in [0.29, 0.717) is 17.1 Å². The summed E-state index contributed by atoms with van der Waals surface area (Å²) in [5, 5.41) is 3.56. The monoisotopic (exact) mass is 538 g/mol. The van der Waals surface area contributed by atoms with Gasteiger partial charge in [0.25, 0.3) is 0 Å². The summed E-state index contributed by atoms with van der Waals surface area (Å²) in [4.78, 5) is 15.6. The number of hydrogen-bond acceptors (Lipinski definition) is 5. The van der Waals surface area contributed by atoms with E-state index in [-0.39, 0.29) is 5.97 Å². The van der Waals surface area contributed by atoms with E-state index in [1.54, 1.807) is 0 Å². The number of ether oxygens (including phenoxy) is 2. The molecule has 0 radical (unpaired) electrons. The molecule has 2 heterocycles. The van der Waals surface area contributed by atoms with Gasteiger partial charge in [0.15, 0.2) is 5.60 Å². The number of carbonyl (C=O) groups is 1. The Bertz CT molecular complexity index is 1800. The molecule has 1 atom stereocenters. The van der Waals surface area contributed by atoms with E-state index in [0.717, 1.165) is 51.5 Å². The molecule has 5 nitrogen and oxygen atoms in total. The van der Waals surface area contributed by atoms with Crippen LogP contribution in [0.1, 0.15) is 45.1 Å². The molecule has 5 aromatic carbocycles. The fourth-order valence-electron chi connectivity index (χ4n) is 6.03. The number of benzene rings is 5. The maximum absolute atomic E-state index is 13.4. The highest BCUT2D eigenvalue weighted by Gasteiger charge is 2.53. The van der Waals surface area contributed by atoms with Crippen LogP contribution in [0.25, 0.3) is 0 Å². The van der Waals surface area contributed by atoms with Crippen LogP contribution in [0.15, 0.2) is 109 Å². The van der Waals surface area contributed by atoms with Crippen molar-refractivity contribution < 1.29 is 14.3 Å². The van der Waals surface area contributed by atoms with Gasteiger partial charge >= 0.3 is 5.97 Å². The fourth-order valence-corrected chi connectivity index (χ4v) is 6.03. The van der Waals surface area contributed by atoms with Crippen molar-refractivity contribution >= 4 is 28.7 Å². The lowest BCUT2D eigenvalue weighted by atomic mass is 9.77. The van der Waals surface area contributed by atoms with Crippen molar-refractivity contribution in [1.29, 1.82) is 0 Å². The molecule has 0 aromatic heterocycles. The molecule has 1 spiro atoms. The second-order valence-corrected chi connectivity index (χ2v) is 10.6. The number of esters is 1. The van der Waals surface area contributed by atoms with Gasteiger partial charge in [-0.05, 0) is 80.9 Å². The van der Waals surface area contributed by atoms with E-state index >= 15 is 0 Å². The van der Waals surface area contributed by atoms with Gasteiger partial charge in [0.05, 0.1) is 5.56 Å². The smallest absolute Gasteiger partial charge is 0.340 e. The standard InChI is InChI=1S/C36H30N2O3/c1-4-38(26-10-6-5-7-11-26)27-18-19-30-34(21-27)40-33-20-24(3)32(37-25-16-14-23(2)15-17-25)22-31(33)36(30)29-13-9-8-12-28(29)35(39)41-36/h5-22,37H,4H2,1-3H3. The van der Waals surface area contributed by atoms with Gasteiger partial charge in [0.2, 0.25) is 0 Å². The van der Waals surface area contributed by atoms with Crippen molar-refractivity contribution in [1.82, 2.24) is 0 Å². The molecular formula is C36H30N2O3. The minimum atomic E-state index is -1.13. The SMILES string of the molecule is CCN(c1ccccc1)c1ccc2c(c1)Oc1cc(C)c(Nc3ccc(C)cc3)cc1C21OC(=O)c2ccccc21. The Hall–Kier alpha value is -5.03. The Morgan fingerprint density at radius 1 is 0.732 bits per heavy atom. The summed E-state index contributed by atoms with van der Waals surface area (Å²) in [5.41, 5.74) is 8.11. The highest BCUT2D eigenvalue weighted by atomic mass is 16.6. The van der Waals surface area contributed by atoms with Gasteiger partial charge in [-0.3, -0.25) is 0 Å². The Kier molecular flexibility index (Phi) is 5.82. The fraction of sp³-hybridized carbons (Fsp3) is 0.139. The maximum Gasteiger partial charge on any atom is 0.340 e. The topological polar surface area (TPSA) is 50.8 Å². The van der Waals surface area contributed by atoms with Crippen LogP contribution in [-0.4, -0.2) is 12.5 Å². The number of carbonyl (C=O) groups excluding carboxylic acids is 1. The summed E-state index contributed by atoms with van der Waals surface area (Å²) in [5.74, 6) is 1.01. The minimum absolute atomic E-state index is 0.337. The quantitative estimate of drug-likeness (QED) is 0.227. The van der Waals surface area contributed by atoms with Gasteiger partial charge in [-0.25, -0.2) is 4.79 Å². The number of nitrogens with zero attached hydrogens (tertiary/aromatic N) is 1. The molecule has 0 saturated carbocycles. The zero-order chi connectivity index (χ0) is 28.1. The average molecular weight is 539 g/mol. The molecule has 202 valence electrons. The summed E-state index contributed by atoms with van der Waals surface area (Å²) < 4.78 is 13.1. The second-order valence-electron chi connectivity index (χ2n) is 10.6. The van der Waals surface area contributed by atoms with Crippen molar-refractivity contribution in [2.45, 2.75) is 26.4 Å². The summed E-state index contributed by atoms with van der Waals surface area (Å²) in [6, 6.07) is 36.5. The molecule has 2 aliphatic heterocycles. The molecule has 0 fully saturated rings. The second kappa shape index (κ2) is 9.56. The number of fused-ring (bicyclic) bond motifs is 6. The molecule has 5 heteroatoms. The number of para-hydroxylation sites is 1. The first-order chi connectivity index (χ1) is 20.0. The van der Waals surface area contributed by atoms with E-state index in [1.807, 2.05) is 54.6 Å². The van der Waals surface area contributed by atoms with Crippen molar-refractivity contribution in [2.75, 3.05) is 16.8 Å². The van der Waals surface area contributed by atoms with Gasteiger partial charge < -0.3 is 19.7 Å². The lowest BCUT2D eigenvalue weighted by molar-refractivity contribution is 0.0224. The van der Waals surface area contributed by atoms with Crippen molar-refractivity contribution in [2.24, 2.45) is 0 Å². The number of anilines is 4. The van der Waals surface area contributed by atoms with Crippen LogP contribution in [0.3, 0.4) is 0 Å². The number of hydrogen-bond donors (Lipinski definition) is 1. The lowest BCUT2D eigenvalue weighted by Crippen LogP contribution is -2.33. The lowest BCUT2D eigenvalue weighted by Gasteiger charge is -2.38. The maximum atomic E-state index is 13.4. The molecule has 0 bridgehead atoms. The Balaban J connectivity index is 1.41. The van der Waals surface area contributed by atoms with Crippen molar-refractivity contribution in [3.8, 4) is 11.5 Å². The van der Waals surface area contributed by atoms with E-state index < -0.39 is 5.60 Å². The van der Waals surface area contributed by atoms with Crippen molar-refractivity contribution in [3.63, 3.8) is 0 Å². The summed E-state index contributed by atoms with van der Waals surface area (Å²) >= 11 is 0. The Labute approximate surface area is 240 Å². The normalized spacial score (nSPS) is 16.3. The third kappa shape index (κ3) is 3.96. The van der Waals surface area contributed by atoms with Crippen LogP contribution < -0.4 is 15.0 Å². The molecule has 41 heavy (non-hydrogen) atoms. The average Bonchev–Trinajstić information content (AvgIpc) is 3.28.